The van der Waals surface area contributed by atoms with Crippen LogP contribution in [-0.4, -0.2) is 63.3 Å². The van der Waals surface area contributed by atoms with E-state index < -0.39 is 0 Å². The number of unbranched alkanes of at least 4 members (excludes halogenated alkanes) is 3. The molecule has 3 heterocycles. The average molecular weight is 404 g/mol. The van der Waals surface area contributed by atoms with Crippen LogP contribution >= 0.6 is 24.8 Å². The summed E-state index contributed by atoms with van der Waals surface area (Å²) in [6.45, 7) is 3.86. The van der Waals surface area contributed by atoms with Gasteiger partial charge in [-0.2, -0.15) is 4.52 Å². The van der Waals surface area contributed by atoms with Crippen molar-refractivity contribution < 1.29 is 4.79 Å². The summed E-state index contributed by atoms with van der Waals surface area (Å²) < 4.78 is 1.67. The van der Waals surface area contributed by atoms with E-state index in [1.807, 2.05) is 17.0 Å². The first-order chi connectivity index (χ1) is 11.8. The number of piperazine rings is 1. The number of fused-ring (bicyclic) bond motifs is 1. The number of hydrogen-bond acceptors (Lipinski definition) is 6. The topological polar surface area (TPSA) is 92.7 Å². The Morgan fingerprint density at radius 1 is 1.04 bits per heavy atom. The van der Waals surface area contributed by atoms with Crippen molar-refractivity contribution in [3.63, 3.8) is 0 Å². The Morgan fingerprint density at radius 3 is 2.50 bits per heavy atom. The number of nitrogens with two attached hydrogens (primary N) is 1. The number of anilines is 1. The van der Waals surface area contributed by atoms with Gasteiger partial charge >= 0.3 is 0 Å². The lowest BCUT2D eigenvalue weighted by molar-refractivity contribution is -0.131. The molecule has 1 aliphatic rings. The third-order valence-electron chi connectivity index (χ3n) is 4.45. The SMILES string of the molecule is Cl.Cl.NCCCCCCC(=O)N1CCN(c2ccc3nncn3n2)CC1. The van der Waals surface area contributed by atoms with Gasteiger partial charge in [-0.15, -0.1) is 40.1 Å². The number of rotatable bonds is 7. The summed E-state index contributed by atoms with van der Waals surface area (Å²) in [5, 5.41) is 12.3. The van der Waals surface area contributed by atoms with Crippen molar-refractivity contribution in [3.05, 3.63) is 18.5 Å². The van der Waals surface area contributed by atoms with Crippen molar-refractivity contribution in [2.75, 3.05) is 37.6 Å². The number of amides is 1. The molecule has 0 atom stereocenters. The second-order valence-electron chi connectivity index (χ2n) is 6.15. The van der Waals surface area contributed by atoms with Crippen molar-refractivity contribution in [3.8, 4) is 0 Å². The fourth-order valence-corrected chi connectivity index (χ4v) is 3.00. The normalized spacial score (nSPS) is 14.0. The molecule has 2 aromatic rings. The molecule has 2 aromatic heterocycles. The summed E-state index contributed by atoms with van der Waals surface area (Å²) >= 11 is 0. The molecular weight excluding hydrogens is 377 g/mol. The highest BCUT2D eigenvalue weighted by molar-refractivity contribution is 5.85. The molecule has 0 spiro atoms. The van der Waals surface area contributed by atoms with Gasteiger partial charge in [-0.3, -0.25) is 4.79 Å². The van der Waals surface area contributed by atoms with Gasteiger partial charge in [-0.1, -0.05) is 12.8 Å². The Labute approximate surface area is 165 Å². The quantitative estimate of drug-likeness (QED) is 0.704. The van der Waals surface area contributed by atoms with E-state index >= 15 is 0 Å². The molecule has 0 radical (unpaired) electrons. The van der Waals surface area contributed by atoms with Gasteiger partial charge in [0, 0.05) is 32.6 Å². The summed E-state index contributed by atoms with van der Waals surface area (Å²) in [5.41, 5.74) is 6.22. The summed E-state index contributed by atoms with van der Waals surface area (Å²) in [4.78, 5) is 16.4. The van der Waals surface area contributed by atoms with E-state index in [4.69, 9.17) is 5.73 Å². The van der Waals surface area contributed by atoms with Gasteiger partial charge in [0.2, 0.25) is 5.91 Å². The van der Waals surface area contributed by atoms with Gasteiger partial charge in [0.1, 0.15) is 12.1 Å². The zero-order valence-electron chi connectivity index (χ0n) is 14.8. The van der Waals surface area contributed by atoms with E-state index in [1.165, 1.54) is 0 Å². The Bertz CT molecular complexity index is 673. The lowest BCUT2D eigenvalue weighted by Gasteiger charge is -2.35. The van der Waals surface area contributed by atoms with Crippen LogP contribution in [0.4, 0.5) is 5.82 Å². The van der Waals surface area contributed by atoms with Gasteiger partial charge in [-0.05, 0) is 31.5 Å². The largest absolute Gasteiger partial charge is 0.352 e. The van der Waals surface area contributed by atoms with Gasteiger partial charge < -0.3 is 15.5 Å². The minimum Gasteiger partial charge on any atom is -0.352 e. The lowest BCUT2D eigenvalue weighted by atomic mass is 10.1. The molecule has 26 heavy (non-hydrogen) atoms. The summed E-state index contributed by atoms with van der Waals surface area (Å²) in [7, 11) is 0. The third kappa shape index (κ3) is 5.69. The third-order valence-corrected chi connectivity index (χ3v) is 4.45. The summed E-state index contributed by atoms with van der Waals surface area (Å²) in [6, 6.07) is 3.87. The van der Waals surface area contributed by atoms with Crippen LogP contribution in [-0.2, 0) is 4.79 Å². The van der Waals surface area contributed by atoms with E-state index in [-0.39, 0.29) is 30.7 Å². The van der Waals surface area contributed by atoms with Crippen molar-refractivity contribution in [1.29, 1.82) is 0 Å². The predicted molar refractivity (Wildman–Crippen MR) is 106 cm³/mol. The Kier molecular flexibility index (Phi) is 9.61. The van der Waals surface area contributed by atoms with Gasteiger partial charge in [0.05, 0.1) is 0 Å². The van der Waals surface area contributed by atoms with E-state index in [0.717, 1.165) is 69.9 Å². The zero-order valence-corrected chi connectivity index (χ0v) is 16.4. The van der Waals surface area contributed by atoms with Crippen molar-refractivity contribution >= 4 is 42.2 Å². The number of aromatic nitrogens is 4. The second-order valence-corrected chi connectivity index (χ2v) is 6.15. The van der Waals surface area contributed by atoms with E-state index in [2.05, 4.69) is 20.2 Å². The monoisotopic (exact) mass is 403 g/mol. The molecule has 0 saturated carbocycles. The van der Waals surface area contributed by atoms with E-state index in [1.54, 1.807) is 10.8 Å². The van der Waals surface area contributed by atoms with Gasteiger partial charge in [-0.25, -0.2) is 0 Å². The van der Waals surface area contributed by atoms with Gasteiger partial charge in [0.15, 0.2) is 5.65 Å². The van der Waals surface area contributed by atoms with Crippen LogP contribution in [0.3, 0.4) is 0 Å². The maximum atomic E-state index is 12.3. The van der Waals surface area contributed by atoms with Crippen molar-refractivity contribution in [1.82, 2.24) is 24.7 Å². The number of nitrogens with zero attached hydrogens (tertiary/aromatic N) is 6. The fourth-order valence-electron chi connectivity index (χ4n) is 3.00. The Hall–Kier alpha value is -1.64. The highest BCUT2D eigenvalue weighted by Gasteiger charge is 2.21. The zero-order chi connectivity index (χ0) is 16.8. The molecule has 1 aliphatic heterocycles. The van der Waals surface area contributed by atoms with Crippen molar-refractivity contribution in [2.45, 2.75) is 32.1 Å². The first-order valence-corrected chi connectivity index (χ1v) is 8.68. The number of carbonyl (C=O) groups is 1. The molecule has 0 aromatic carbocycles. The second kappa shape index (κ2) is 11.2. The maximum Gasteiger partial charge on any atom is 0.222 e. The Morgan fingerprint density at radius 2 is 1.77 bits per heavy atom. The average Bonchev–Trinajstić information content (AvgIpc) is 3.09. The molecule has 10 heteroatoms. The van der Waals surface area contributed by atoms with Crippen LogP contribution in [0.15, 0.2) is 18.5 Å². The minimum absolute atomic E-state index is 0. The maximum absolute atomic E-state index is 12.3. The standard InChI is InChI=1S/C16H25N7O.2ClH/c17-8-4-2-1-3-5-16(24)22-11-9-21(10-12-22)15-7-6-14-19-18-13-23(14)20-15;;/h6-7,13H,1-5,8-12,17H2;2*1H. The number of carbonyl (C=O) groups excluding carboxylic acids is 1. The predicted octanol–water partition coefficient (Wildman–Crippen LogP) is 1.53. The smallest absolute Gasteiger partial charge is 0.222 e. The van der Waals surface area contributed by atoms with Crippen LogP contribution in [0, 0.1) is 0 Å². The van der Waals surface area contributed by atoms with Crippen LogP contribution in [0.1, 0.15) is 32.1 Å². The van der Waals surface area contributed by atoms with E-state index in [0.29, 0.717) is 6.42 Å². The number of hydrogen-bond donors (Lipinski definition) is 1. The van der Waals surface area contributed by atoms with E-state index in [9.17, 15) is 4.79 Å². The van der Waals surface area contributed by atoms with Gasteiger partial charge in [0.25, 0.3) is 0 Å². The molecule has 0 aliphatic carbocycles. The van der Waals surface area contributed by atoms with Crippen LogP contribution in [0.2, 0.25) is 0 Å². The molecule has 0 unspecified atom stereocenters. The molecular formula is C16H27Cl2N7O. The number of halogens is 2. The lowest BCUT2D eigenvalue weighted by Crippen LogP contribution is -2.49. The molecule has 0 bridgehead atoms. The Balaban J connectivity index is 0.00000169. The first kappa shape index (κ1) is 22.4. The molecule has 2 N–H and O–H groups in total. The first-order valence-electron chi connectivity index (χ1n) is 8.68. The molecule has 8 nitrogen and oxygen atoms in total. The highest BCUT2D eigenvalue weighted by Crippen LogP contribution is 2.15. The van der Waals surface area contributed by atoms with Crippen LogP contribution in [0.25, 0.3) is 5.65 Å². The molecule has 1 saturated heterocycles. The van der Waals surface area contributed by atoms with Crippen LogP contribution in [0.5, 0.6) is 0 Å². The van der Waals surface area contributed by atoms with Crippen LogP contribution < -0.4 is 10.6 Å². The molecule has 1 fully saturated rings. The molecule has 146 valence electrons. The fraction of sp³-hybridized carbons (Fsp3) is 0.625. The summed E-state index contributed by atoms with van der Waals surface area (Å²) in [6.07, 6.45) is 6.47. The minimum atomic E-state index is 0. The highest BCUT2D eigenvalue weighted by atomic mass is 35.5. The van der Waals surface area contributed by atoms with Crippen molar-refractivity contribution in [2.24, 2.45) is 5.73 Å². The summed E-state index contributed by atoms with van der Waals surface area (Å²) in [5.74, 6) is 1.17. The molecule has 1 amide bonds. The molecule has 3 rings (SSSR count).